The van der Waals surface area contributed by atoms with Crippen molar-refractivity contribution in [3.63, 3.8) is 0 Å². The van der Waals surface area contributed by atoms with Crippen LogP contribution in [0.15, 0.2) is 24.3 Å². The van der Waals surface area contributed by atoms with Crippen LogP contribution in [0.1, 0.15) is 39.5 Å². The number of hydrogen-bond donors (Lipinski definition) is 2. The Morgan fingerprint density at radius 3 is 2.41 bits per heavy atom. The third-order valence-electron chi connectivity index (χ3n) is 4.86. The van der Waals surface area contributed by atoms with Gasteiger partial charge in [-0.1, -0.05) is 25.7 Å². The molecule has 2 N–H and O–H groups in total. The van der Waals surface area contributed by atoms with Crippen LogP contribution < -0.4 is 15.1 Å². The molecule has 1 aliphatic heterocycles. The van der Waals surface area contributed by atoms with Crippen LogP contribution in [0.4, 0.5) is 5.69 Å². The Hall–Kier alpha value is -1.79. The summed E-state index contributed by atoms with van der Waals surface area (Å²) in [4.78, 5) is 2.16. The van der Waals surface area contributed by atoms with Crippen LogP contribution in [-0.2, 0) is 10.0 Å². The molecule has 0 spiro atoms. The summed E-state index contributed by atoms with van der Waals surface area (Å²) < 4.78 is 32.4. The van der Waals surface area contributed by atoms with Gasteiger partial charge in [0.25, 0.3) is 0 Å². The molecule has 8 heteroatoms. The Bertz CT molecular complexity index is 763. The summed E-state index contributed by atoms with van der Waals surface area (Å²) in [6.45, 7) is 6.76. The van der Waals surface area contributed by atoms with Crippen LogP contribution in [0.3, 0.4) is 0 Å². The van der Waals surface area contributed by atoms with Crippen molar-refractivity contribution < 1.29 is 18.4 Å². The van der Waals surface area contributed by atoms with Crippen LogP contribution >= 0.6 is 0 Å². The van der Waals surface area contributed by atoms with Crippen molar-refractivity contribution in [2.75, 3.05) is 43.4 Å². The highest BCUT2D eigenvalue weighted by atomic mass is 32.2. The summed E-state index contributed by atoms with van der Waals surface area (Å²) in [6.07, 6.45) is 3.91. The molecule has 0 bridgehead atoms. The van der Waals surface area contributed by atoms with Gasteiger partial charge in [-0.25, -0.2) is 8.42 Å². The molecule has 1 saturated heterocycles. The minimum atomic E-state index is -3.50. The molecule has 7 nitrogen and oxygen atoms in total. The number of rotatable bonds is 10. The first-order chi connectivity index (χ1) is 14.0. The van der Waals surface area contributed by atoms with E-state index in [0.29, 0.717) is 39.2 Å². The van der Waals surface area contributed by atoms with E-state index in [1.54, 1.807) is 0 Å². The van der Waals surface area contributed by atoms with E-state index in [1.807, 2.05) is 36.7 Å². The molecule has 0 radical (unpaired) electrons. The van der Waals surface area contributed by atoms with Gasteiger partial charge in [-0.05, 0) is 37.6 Å². The van der Waals surface area contributed by atoms with Gasteiger partial charge in [0, 0.05) is 38.3 Å². The highest BCUT2D eigenvalue weighted by Gasteiger charge is 2.29. The first-order valence-electron chi connectivity index (χ1n) is 10.3. The van der Waals surface area contributed by atoms with E-state index >= 15 is 0 Å². The highest BCUT2D eigenvalue weighted by molar-refractivity contribution is 7.89. The Labute approximate surface area is 175 Å². The third-order valence-corrected chi connectivity index (χ3v) is 6.77. The largest absolute Gasteiger partial charge is 0.494 e. The van der Waals surface area contributed by atoms with Crippen LogP contribution in [0, 0.1) is 11.8 Å². The van der Waals surface area contributed by atoms with Crippen molar-refractivity contribution in [1.82, 2.24) is 9.79 Å². The summed E-state index contributed by atoms with van der Waals surface area (Å²) in [5.74, 6) is 6.40. The second-order valence-corrected chi connectivity index (χ2v) is 9.07. The standard InChI is InChI=1S/C21H33N3O4S/c1-3-5-6-7-8-9-19(22-25)18-29(26,27)24-16-14-23(15-17-24)20-10-12-21(13-11-20)28-4-2/h10-13,19,22,25H,3-7,14-18H2,1-2H3. The number of nitrogens with one attached hydrogen (secondary N) is 1. The van der Waals surface area contributed by atoms with Crippen molar-refractivity contribution in [2.45, 2.75) is 45.6 Å². The number of anilines is 1. The zero-order valence-electron chi connectivity index (χ0n) is 17.4. The van der Waals surface area contributed by atoms with Crippen molar-refractivity contribution in [3.05, 3.63) is 24.3 Å². The molecule has 2 rings (SSSR count). The molecule has 0 aliphatic carbocycles. The predicted molar refractivity (Wildman–Crippen MR) is 116 cm³/mol. The lowest BCUT2D eigenvalue weighted by molar-refractivity contribution is 0.153. The van der Waals surface area contributed by atoms with Gasteiger partial charge in [-0.15, -0.1) is 5.92 Å². The van der Waals surface area contributed by atoms with E-state index in [-0.39, 0.29) is 5.75 Å². The molecule has 1 aromatic rings. The molecule has 1 unspecified atom stereocenters. The van der Waals surface area contributed by atoms with E-state index in [4.69, 9.17) is 4.74 Å². The molecule has 1 heterocycles. The van der Waals surface area contributed by atoms with Crippen molar-refractivity contribution >= 4 is 15.7 Å². The number of hydrogen-bond acceptors (Lipinski definition) is 6. The summed E-state index contributed by atoms with van der Waals surface area (Å²) in [7, 11) is -3.50. The summed E-state index contributed by atoms with van der Waals surface area (Å²) in [6, 6.07) is 7.08. The molecule has 162 valence electrons. The Morgan fingerprint density at radius 2 is 1.83 bits per heavy atom. The fraction of sp³-hybridized carbons (Fsp3) is 0.619. The molecule has 0 amide bonds. The summed E-state index contributed by atoms with van der Waals surface area (Å²) in [5.41, 5.74) is 3.09. The van der Waals surface area contributed by atoms with Gasteiger partial charge in [-0.3, -0.25) is 0 Å². The SMILES string of the molecule is CCCCCC#CC(CS(=O)(=O)N1CCN(c2ccc(OCC)cc2)CC1)NO. The smallest absolute Gasteiger partial charge is 0.216 e. The first kappa shape index (κ1) is 23.5. The maximum absolute atomic E-state index is 12.7. The van der Waals surface area contributed by atoms with E-state index in [9.17, 15) is 13.6 Å². The zero-order valence-corrected chi connectivity index (χ0v) is 18.2. The molecular formula is C21H33N3O4S. The van der Waals surface area contributed by atoms with Crippen molar-refractivity contribution in [1.29, 1.82) is 0 Å². The lowest BCUT2D eigenvalue weighted by Gasteiger charge is -2.35. The van der Waals surface area contributed by atoms with Crippen molar-refractivity contribution in [2.24, 2.45) is 0 Å². The number of benzene rings is 1. The van der Waals surface area contributed by atoms with Crippen LogP contribution in [0.25, 0.3) is 0 Å². The fourth-order valence-corrected chi connectivity index (χ4v) is 4.74. The summed E-state index contributed by atoms with van der Waals surface area (Å²) in [5, 5.41) is 9.29. The quantitative estimate of drug-likeness (QED) is 0.342. The topological polar surface area (TPSA) is 82.1 Å². The van der Waals surface area contributed by atoms with Crippen LogP contribution in [-0.4, -0.2) is 62.5 Å². The molecule has 0 aromatic heterocycles. The van der Waals surface area contributed by atoms with Crippen molar-refractivity contribution in [3.8, 4) is 17.6 Å². The van der Waals surface area contributed by atoms with E-state index in [1.165, 1.54) is 4.31 Å². The fourth-order valence-electron chi connectivity index (χ4n) is 3.23. The van der Waals surface area contributed by atoms with Crippen LogP contribution in [0.2, 0.25) is 0 Å². The molecular weight excluding hydrogens is 390 g/mol. The number of sulfonamides is 1. The molecule has 29 heavy (non-hydrogen) atoms. The minimum absolute atomic E-state index is 0.229. The average molecular weight is 424 g/mol. The average Bonchev–Trinajstić information content (AvgIpc) is 2.73. The van der Waals surface area contributed by atoms with Crippen LogP contribution in [0.5, 0.6) is 5.75 Å². The van der Waals surface area contributed by atoms with Gasteiger partial charge < -0.3 is 14.8 Å². The van der Waals surface area contributed by atoms with Gasteiger partial charge >= 0.3 is 0 Å². The second kappa shape index (κ2) is 12.0. The number of ether oxygens (including phenoxy) is 1. The molecule has 1 fully saturated rings. The summed E-state index contributed by atoms with van der Waals surface area (Å²) >= 11 is 0. The Morgan fingerprint density at radius 1 is 1.14 bits per heavy atom. The first-order valence-corrected chi connectivity index (χ1v) is 11.9. The third kappa shape index (κ3) is 7.52. The monoisotopic (exact) mass is 423 g/mol. The number of piperazine rings is 1. The van der Waals surface area contributed by atoms with E-state index in [2.05, 4.69) is 23.7 Å². The second-order valence-electron chi connectivity index (χ2n) is 7.05. The minimum Gasteiger partial charge on any atom is -0.494 e. The number of nitrogens with zero attached hydrogens (tertiary/aromatic N) is 2. The predicted octanol–water partition coefficient (Wildman–Crippen LogP) is 2.47. The van der Waals surface area contributed by atoms with Gasteiger partial charge in [0.05, 0.1) is 12.4 Å². The normalized spacial score (nSPS) is 16.2. The van der Waals surface area contributed by atoms with Gasteiger partial charge in [0.15, 0.2) is 0 Å². The maximum atomic E-state index is 12.7. The van der Waals surface area contributed by atoms with Gasteiger partial charge in [0.1, 0.15) is 11.8 Å². The van der Waals surface area contributed by atoms with E-state index < -0.39 is 16.1 Å². The number of unbranched alkanes of at least 4 members (excludes halogenated alkanes) is 3. The Balaban J connectivity index is 1.87. The zero-order chi connectivity index (χ0) is 21.1. The molecule has 1 aromatic carbocycles. The molecule has 1 aliphatic rings. The lowest BCUT2D eigenvalue weighted by Crippen LogP contribution is -2.51. The molecule has 1 atom stereocenters. The number of hydroxylamine groups is 1. The van der Waals surface area contributed by atoms with Gasteiger partial charge in [-0.2, -0.15) is 9.79 Å². The maximum Gasteiger partial charge on any atom is 0.216 e. The van der Waals surface area contributed by atoms with E-state index in [0.717, 1.165) is 30.7 Å². The van der Waals surface area contributed by atoms with Gasteiger partial charge in [0.2, 0.25) is 10.0 Å². The Kier molecular flexibility index (Phi) is 9.74. The molecule has 0 saturated carbocycles. The highest BCUT2D eigenvalue weighted by Crippen LogP contribution is 2.21. The lowest BCUT2D eigenvalue weighted by atomic mass is 10.2.